The lowest BCUT2D eigenvalue weighted by Crippen LogP contribution is -2.17. The molecule has 0 aliphatic heterocycles. The van der Waals surface area contributed by atoms with Crippen LogP contribution >= 0.6 is 11.6 Å². The fourth-order valence-corrected chi connectivity index (χ4v) is 2.84. The zero-order chi connectivity index (χ0) is 21.2. The molecule has 0 radical (unpaired) electrons. The van der Waals surface area contributed by atoms with Crippen LogP contribution in [-0.4, -0.2) is 39.1 Å². The number of rotatable bonds is 10. The topological polar surface area (TPSA) is 78.4 Å². The van der Waals surface area contributed by atoms with Crippen LogP contribution in [0.2, 0.25) is 5.02 Å². The number of carbonyl (C=O) groups excluding carboxylic acids is 1. The molecule has 156 valence electrons. The lowest BCUT2D eigenvalue weighted by Gasteiger charge is -2.12. The fourth-order valence-electron chi connectivity index (χ4n) is 2.55. The van der Waals surface area contributed by atoms with Gasteiger partial charge in [0.2, 0.25) is 0 Å². The van der Waals surface area contributed by atoms with E-state index in [1.165, 1.54) is 13.3 Å². The third-order valence-electron chi connectivity index (χ3n) is 3.72. The number of carbonyl (C=O) groups is 1. The number of amides is 1. The predicted molar refractivity (Wildman–Crippen MR) is 113 cm³/mol. The van der Waals surface area contributed by atoms with Gasteiger partial charge in [-0.25, -0.2) is 5.43 Å². The molecule has 7 nitrogen and oxygen atoms in total. The van der Waals surface area contributed by atoms with Crippen molar-refractivity contribution in [2.24, 2.45) is 5.10 Å². The molecule has 0 fully saturated rings. The number of methoxy groups -OCH3 is 1. The fraction of sp³-hybridized carbons (Fsp3) is 0.333. The van der Waals surface area contributed by atoms with E-state index in [0.29, 0.717) is 59.0 Å². The minimum absolute atomic E-state index is 0.380. The van der Waals surface area contributed by atoms with Gasteiger partial charge in [-0.15, -0.1) is 0 Å². The summed E-state index contributed by atoms with van der Waals surface area (Å²) in [7, 11) is 1.52. The first-order valence-corrected chi connectivity index (χ1v) is 9.65. The number of nitrogens with zero attached hydrogens (tertiary/aromatic N) is 1. The Bertz CT molecular complexity index is 870. The lowest BCUT2D eigenvalue weighted by atomic mass is 10.2. The van der Waals surface area contributed by atoms with Gasteiger partial charge in [-0.05, 0) is 56.7 Å². The molecule has 1 amide bonds. The van der Waals surface area contributed by atoms with E-state index in [4.69, 9.17) is 30.5 Å². The first-order valence-electron chi connectivity index (χ1n) is 9.27. The van der Waals surface area contributed by atoms with Gasteiger partial charge in [-0.2, -0.15) is 5.10 Å². The number of benzene rings is 2. The molecule has 0 aliphatic rings. The van der Waals surface area contributed by atoms with Crippen LogP contribution in [0.15, 0.2) is 35.4 Å². The van der Waals surface area contributed by atoms with Crippen LogP contribution in [0.25, 0.3) is 0 Å². The van der Waals surface area contributed by atoms with E-state index in [0.717, 1.165) is 0 Å². The second-order valence-electron chi connectivity index (χ2n) is 5.69. The van der Waals surface area contributed by atoms with Gasteiger partial charge in [0, 0.05) is 5.56 Å². The number of nitrogens with one attached hydrogen (secondary N) is 1. The van der Waals surface area contributed by atoms with Crippen molar-refractivity contribution in [2.45, 2.75) is 20.8 Å². The molecule has 0 saturated heterocycles. The molecule has 2 aromatic rings. The van der Waals surface area contributed by atoms with E-state index in [-0.39, 0.29) is 5.91 Å². The van der Waals surface area contributed by atoms with Crippen molar-refractivity contribution in [3.8, 4) is 23.0 Å². The molecule has 0 aromatic heterocycles. The summed E-state index contributed by atoms with van der Waals surface area (Å²) in [5.41, 5.74) is 3.54. The summed E-state index contributed by atoms with van der Waals surface area (Å²) in [4.78, 5) is 12.4. The largest absolute Gasteiger partial charge is 0.491 e. The molecule has 0 unspecified atom stereocenters. The van der Waals surface area contributed by atoms with Gasteiger partial charge in [0.15, 0.2) is 23.0 Å². The van der Waals surface area contributed by atoms with Crippen molar-refractivity contribution >= 4 is 23.7 Å². The second kappa shape index (κ2) is 11.2. The van der Waals surface area contributed by atoms with E-state index < -0.39 is 0 Å². The van der Waals surface area contributed by atoms with Crippen LogP contribution < -0.4 is 24.4 Å². The highest BCUT2D eigenvalue weighted by Gasteiger charge is 2.12. The Morgan fingerprint density at radius 1 is 1.00 bits per heavy atom. The van der Waals surface area contributed by atoms with Crippen LogP contribution in [-0.2, 0) is 0 Å². The van der Waals surface area contributed by atoms with Gasteiger partial charge in [0.1, 0.15) is 0 Å². The number of hydrazone groups is 1. The monoisotopic (exact) mass is 420 g/mol. The molecule has 0 aliphatic carbocycles. The van der Waals surface area contributed by atoms with Gasteiger partial charge >= 0.3 is 0 Å². The normalized spacial score (nSPS) is 10.7. The van der Waals surface area contributed by atoms with Crippen molar-refractivity contribution < 1.29 is 23.7 Å². The highest BCUT2D eigenvalue weighted by Crippen LogP contribution is 2.35. The predicted octanol–water partition coefficient (Wildman–Crippen LogP) is 4.31. The summed E-state index contributed by atoms with van der Waals surface area (Å²) >= 11 is 6.22. The van der Waals surface area contributed by atoms with E-state index in [1.54, 1.807) is 30.3 Å². The first-order chi connectivity index (χ1) is 14.0. The summed E-state index contributed by atoms with van der Waals surface area (Å²) in [5.74, 6) is 1.67. The Morgan fingerprint density at radius 2 is 1.66 bits per heavy atom. The van der Waals surface area contributed by atoms with Crippen LogP contribution in [0, 0.1) is 0 Å². The Hall–Kier alpha value is -2.93. The number of halogens is 1. The van der Waals surface area contributed by atoms with Crippen LogP contribution in [0.1, 0.15) is 36.7 Å². The number of hydrogen-bond acceptors (Lipinski definition) is 6. The van der Waals surface area contributed by atoms with Crippen LogP contribution in [0.4, 0.5) is 0 Å². The summed E-state index contributed by atoms with van der Waals surface area (Å²) in [6, 6.07) is 8.37. The maximum Gasteiger partial charge on any atom is 0.271 e. The zero-order valence-corrected chi connectivity index (χ0v) is 17.7. The average Bonchev–Trinajstić information content (AvgIpc) is 2.70. The van der Waals surface area contributed by atoms with E-state index >= 15 is 0 Å². The highest BCUT2D eigenvalue weighted by atomic mass is 35.5. The van der Waals surface area contributed by atoms with E-state index in [2.05, 4.69) is 10.5 Å². The summed E-state index contributed by atoms with van der Waals surface area (Å²) in [6.07, 6.45) is 1.48. The van der Waals surface area contributed by atoms with E-state index in [1.807, 2.05) is 20.8 Å². The Labute approximate surface area is 175 Å². The van der Waals surface area contributed by atoms with Crippen molar-refractivity contribution in [1.82, 2.24) is 5.43 Å². The maximum atomic E-state index is 12.4. The third-order valence-corrected chi connectivity index (χ3v) is 4.00. The molecule has 2 rings (SSSR count). The number of hydrogen-bond donors (Lipinski definition) is 1. The summed E-state index contributed by atoms with van der Waals surface area (Å²) in [6.45, 7) is 7.04. The molecule has 8 heteroatoms. The van der Waals surface area contributed by atoms with Gasteiger partial charge in [-0.1, -0.05) is 11.6 Å². The average molecular weight is 421 g/mol. The summed E-state index contributed by atoms with van der Waals surface area (Å²) < 4.78 is 21.8. The van der Waals surface area contributed by atoms with Gasteiger partial charge in [0.05, 0.1) is 38.2 Å². The molecule has 2 aromatic carbocycles. The van der Waals surface area contributed by atoms with Crippen molar-refractivity contribution in [1.29, 1.82) is 0 Å². The first kappa shape index (κ1) is 22.4. The SMILES string of the molecule is CCOc1ccc(C(=O)N/N=C/c2cc(Cl)c(OC)c(OCC)c2)cc1OCC. The minimum Gasteiger partial charge on any atom is -0.491 e. The molecule has 29 heavy (non-hydrogen) atoms. The smallest absolute Gasteiger partial charge is 0.271 e. The standard InChI is InChI=1S/C21H25ClN2O5/c1-5-27-17-9-8-15(12-18(17)28-6-2)21(25)24-23-13-14-10-16(22)20(26-4)19(11-14)29-7-3/h8-13H,5-7H2,1-4H3,(H,24,25)/b23-13+. The Morgan fingerprint density at radius 3 is 2.31 bits per heavy atom. The summed E-state index contributed by atoms with van der Waals surface area (Å²) in [5, 5.41) is 4.39. The molecule has 0 atom stereocenters. The molecular formula is C21H25ClN2O5. The Balaban J connectivity index is 2.14. The quantitative estimate of drug-likeness (QED) is 0.457. The van der Waals surface area contributed by atoms with Gasteiger partial charge in [0.25, 0.3) is 5.91 Å². The molecule has 0 saturated carbocycles. The van der Waals surface area contributed by atoms with Crippen LogP contribution in [0.3, 0.4) is 0 Å². The molecular weight excluding hydrogens is 396 g/mol. The van der Waals surface area contributed by atoms with Crippen molar-refractivity contribution in [3.05, 3.63) is 46.5 Å². The lowest BCUT2D eigenvalue weighted by molar-refractivity contribution is 0.0954. The molecule has 1 N–H and O–H groups in total. The van der Waals surface area contributed by atoms with Gasteiger partial charge in [-0.3, -0.25) is 4.79 Å². The van der Waals surface area contributed by atoms with Gasteiger partial charge < -0.3 is 18.9 Å². The minimum atomic E-state index is -0.380. The number of ether oxygens (including phenoxy) is 4. The second-order valence-corrected chi connectivity index (χ2v) is 6.10. The Kier molecular flexibility index (Phi) is 8.61. The molecule has 0 heterocycles. The zero-order valence-electron chi connectivity index (χ0n) is 17.0. The molecule has 0 spiro atoms. The van der Waals surface area contributed by atoms with Crippen molar-refractivity contribution in [3.63, 3.8) is 0 Å². The third kappa shape index (κ3) is 6.02. The molecule has 0 bridgehead atoms. The highest BCUT2D eigenvalue weighted by molar-refractivity contribution is 6.32. The van der Waals surface area contributed by atoms with E-state index in [9.17, 15) is 4.79 Å². The maximum absolute atomic E-state index is 12.4. The van der Waals surface area contributed by atoms with Crippen molar-refractivity contribution in [2.75, 3.05) is 26.9 Å². The van der Waals surface area contributed by atoms with Crippen LogP contribution in [0.5, 0.6) is 23.0 Å².